The fraction of sp³-hybridized carbons (Fsp3) is 0.467. The van der Waals surface area contributed by atoms with Crippen LogP contribution in [-0.2, 0) is 19.3 Å². The van der Waals surface area contributed by atoms with Gasteiger partial charge in [-0.15, -0.1) is 13.2 Å². The number of benzene rings is 1. The molecule has 1 unspecified atom stereocenters. The summed E-state index contributed by atoms with van der Waals surface area (Å²) in [5.41, 5.74) is 0.438. The SMILES string of the molecule is CNC(C)Cc1noc(CCc2ccccc2OC(F)(F)F)n1. The molecule has 2 aromatic rings. The molecule has 23 heavy (non-hydrogen) atoms. The Balaban J connectivity index is 1.98. The Morgan fingerprint density at radius 1 is 1.26 bits per heavy atom. The summed E-state index contributed by atoms with van der Waals surface area (Å²) in [7, 11) is 1.84. The Hall–Kier alpha value is -2.09. The van der Waals surface area contributed by atoms with Gasteiger partial charge in [0, 0.05) is 18.9 Å². The Kier molecular flexibility index (Phi) is 5.59. The van der Waals surface area contributed by atoms with Crippen molar-refractivity contribution in [2.75, 3.05) is 7.05 Å². The Labute approximate surface area is 131 Å². The van der Waals surface area contributed by atoms with Crippen molar-refractivity contribution >= 4 is 0 Å². The minimum atomic E-state index is -4.71. The minimum Gasteiger partial charge on any atom is -0.406 e. The summed E-state index contributed by atoms with van der Waals surface area (Å²) in [4.78, 5) is 4.24. The predicted octanol–water partition coefficient (Wildman–Crippen LogP) is 2.90. The first kappa shape index (κ1) is 17.3. The van der Waals surface area contributed by atoms with E-state index in [4.69, 9.17) is 4.52 Å². The molecule has 0 bridgehead atoms. The van der Waals surface area contributed by atoms with Gasteiger partial charge >= 0.3 is 6.36 Å². The fourth-order valence-electron chi connectivity index (χ4n) is 2.03. The zero-order valence-electron chi connectivity index (χ0n) is 12.9. The molecule has 2 rings (SSSR count). The van der Waals surface area contributed by atoms with Gasteiger partial charge in [0.1, 0.15) is 5.75 Å². The number of halogens is 3. The highest BCUT2D eigenvalue weighted by Crippen LogP contribution is 2.27. The van der Waals surface area contributed by atoms with Crippen molar-refractivity contribution in [2.45, 2.75) is 38.6 Å². The van der Waals surface area contributed by atoms with Gasteiger partial charge in [0.05, 0.1) is 0 Å². The summed E-state index contributed by atoms with van der Waals surface area (Å²) in [5.74, 6) is 0.760. The summed E-state index contributed by atoms with van der Waals surface area (Å²) < 4.78 is 46.3. The zero-order chi connectivity index (χ0) is 16.9. The van der Waals surface area contributed by atoms with Crippen LogP contribution in [0.2, 0.25) is 0 Å². The zero-order valence-corrected chi connectivity index (χ0v) is 12.9. The molecule has 1 heterocycles. The number of nitrogens with one attached hydrogen (secondary N) is 1. The number of para-hydroxylation sites is 1. The van der Waals surface area contributed by atoms with Crippen molar-refractivity contribution in [3.8, 4) is 5.75 Å². The molecule has 1 aromatic carbocycles. The van der Waals surface area contributed by atoms with Gasteiger partial charge in [-0.1, -0.05) is 23.4 Å². The van der Waals surface area contributed by atoms with Gasteiger partial charge < -0.3 is 14.6 Å². The van der Waals surface area contributed by atoms with Crippen LogP contribution in [-0.4, -0.2) is 29.6 Å². The number of alkyl halides is 3. The van der Waals surface area contributed by atoms with E-state index in [1.165, 1.54) is 12.1 Å². The lowest BCUT2D eigenvalue weighted by atomic mass is 10.1. The van der Waals surface area contributed by atoms with Crippen LogP contribution in [0.25, 0.3) is 0 Å². The van der Waals surface area contributed by atoms with Gasteiger partial charge in [-0.05, 0) is 32.0 Å². The van der Waals surface area contributed by atoms with Gasteiger partial charge in [-0.2, -0.15) is 4.98 Å². The molecule has 0 saturated carbocycles. The maximum atomic E-state index is 12.4. The monoisotopic (exact) mass is 329 g/mol. The molecule has 5 nitrogen and oxygen atoms in total. The highest BCUT2D eigenvalue weighted by Gasteiger charge is 2.31. The number of hydrogen-bond donors (Lipinski definition) is 1. The Bertz CT molecular complexity index is 628. The number of nitrogens with zero attached hydrogens (tertiary/aromatic N) is 2. The molecule has 1 atom stereocenters. The third kappa shape index (κ3) is 5.55. The molecular formula is C15H18F3N3O2. The molecule has 1 aromatic heterocycles. The van der Waals surface area contributed by atoms with Gasteiger partial charge in [0.25, 0.3) is 0 Å². The van der Waals surface area contributed by atoms with Crippen molar-refractivity contribution in [1.29, 1.82) is 0 Å². The van der Waals surface area contributed by atoms with Crippen LogP contribution in [0.3, 0.4) is 0 Å². The predicted molar refractivity (Wildman–Crippen MR) is 77.1 cm³/mol. The molecule has 0 aliphatic carbocycles. The number of rotatable bonds is 7. The van der Waals surface area contributed by atoms with E-state index in [-0.39, 0.29) is 11.8 Å². The standard InChI is InChI=1S/C15H18F3N3O2/c1-10(19-2)9-13-20-14(23-21-13)8-7-11-5-3-4-6-12(11)22-15(16,17)18/h3-6,10,19H,7-9H2,1-2H3. The quantitative estimate of drug-likeness (QED) is 0.846. The van der Waals surface area contributed by atoms with E-state index in [9.17, 15) is 13.2 Å². The van der Waals surface area contributed by atoms with E-state index in [1.54, 1.807) is 12.1 Å². The third-order valence-electron chi connectivity index (χ3n) is 3.30. The van der Waals surface area contributed by atoms with Crippen molar-refractivity contribution in [2.24, 2.45) is 0 Å². The molecule has 126 valence electrons. The van der Waals surface area contributed by atoms with Gasteiger partial charge in [-0.25, -0.2) is 0 Å². The van der Waals surface area contributed by atoms with Crippen LogP contribution in [0, 0.1) is 0 Å². The van der Waals surface area contributed by atoms with Gasteiger partial charge in [0.2, 0.25) is 5.89 Å². The first-order valence-corrected chi connectivity index (χ1v) is 7.19. The van der Waals surface area contributed by atoms with Crippen molar-refractivity contribution in [3.05, 3.63) is 41.5 Å². The number of ether oxygens (including phenoxy) is 1. The van der Waals surface area contributed by atoms with Crippen molar-refractivity contribution in [1.82, 2.24) is 15.5 Å². The molecular weight excluding hydrogens is 311 g/mol. The summed E-state index contributed by atoms with van der Waals surface area (Å²) in [6, 6.07) is 6.24. The van der Waals surface area contributed by atoms with E-state index < -0.39 is 6.36 Å². The van der Waals surface area contributed by atoms with Gasteiger partial charge in [-0.3, -0.25) is 0 Å². The largest absolute Gasteiger partial charge is 0.573 e. The molecule has 0 aliphatic rings. The van der Waals surface area contributed by atoms with Gasteiger partial charge in [0.15, 0.2) is 5.82 Å². The fourth-order valence-corrected chi connectivity index (χ4v) is 2.03. The number of hydrogen-bond acceptors (Lipinski definition) is 5. The summed E-state index contributed by atoms with van der Waals surface area (Å²) in [6.07, 6.45) is -3.43. The molecule has 0 amide bonds. The topological polar surface area (TPSA) is 60.2 Å². The minimum absolute atomic E-state index is 0.205. The molecule has 0 radical (unpaired) electrons. The lowest BCUT2D eigenvalue weighted by Crippen LogP contribution is -2.24. The van der Waals surface area contributed by atoms with Crippen LogP contribution in [0.1, 0.15) is 24.2 Å². The Morgan fingerprint density at radius 2 is 2.00 bits per heavy atom. The summed E-state index contributed by atoms with van der Waals surface area (Å²) >= 11 is 0. The number of aryl methyl sites for hydroxylation is 2. The highest BCUT2D eigenvalue weighted by atomic mass is 19.4. The average molecular weight is 329 g/mol. The van der Waals surface area contributed by atoms with Crippen LogP contribution in [0.15, 0.2) is 28.8 Å². The molecule has 0 spiro atoms. The van der Waals surface area contributed by atoms with E-state index in [0.29, 0.717) is 36.5 Å². The van der Waals surface area contributed by atoms with Crippen LogP contribution in [0.4, 0.5) is 13.2 Å². The van der Waals surface area contributed by atoms with Crippen molar-refractivity contribution in [3.63, 3.8) is 0 Å². The smallest absolute Gasteiger partial charge is 0.406 e. The lowest BCUT2D eigenvalue weighted by molar-refractivity contribution is -0.274. The molecule has 1 N–H and O–H groups in total. The molecule has 0 aliphatic heterocycles. The lowest BCUT2D eigenvalue weighted by Gasteiger charge is -2.12. The first-order valence-electron chi connectivity index (χ1n) is 7.19. The van der Waals surface area contributed by atoms with Crippen LogP contribution < -0.4 is 10.1 Å². The molecule has 0 fully saturated rings. The van der Waals surface area contributed by atoms with Crippen LogP contribution in [0.5, 0.6) is 5.75 Å². The second kappa shape index (κ2) is 7.45. The second-order valence-corrected chi connectivity index (χ2v) is 5.15. The average Bonchev–Trinajstić information content (AvgIpc) is 2.92. The number of aromatic nitrogens is 2. The van der Waals surface area contributed by atoms with Crippen molar-refractivity contribution < 1.29 is 22.4 Å². The second-order valence-electron chi connectivity index (χ2n) is 5.15. The Morgan fingerprint density at radius 3 is 2.70 bits per heavy atom. The van der Waals surface area contributed by atoms with E-state index >= 15 is 0 Å². The molecule has 8 heteroatoms. The van der Waals surface area contributed by atoms with Crippen LogP contribution >= 0.6 is 0 Å². The molecule has 0 saturated heterocycles. The maximum absolute atomic E-state index is 12.4. The normalized spacial score (nSPS) is 13.1. The third-order valence-corrected chi connectivity index (χ3v) is 3.30. The van der Waals surface area contributed by atoms with E-state index in [1.807, 2.05) is 14.0 Å². The number of likely N-dealkylation sites (N-methyl/N-ethyl adjacent to an activating group) is 1. The highest BCUT2D eigenvalue weighted by molar-refractivity contribution is 5.33. The summed E-state index contributed by atoms with van der Waals surface area (Å²) in [5, 5.41) is 6.93. The first-order chi connectivity index (χ1) is 10.9. The maximum Gasteiger partial charge on any atom is 0.573 e. The van der Waals surface area contributed by atoms with E-state index in [2.05, 4.69) is 20.2 Å². The summed E-state index contributed by atoms with van der Waals surface area (Å²) in [6.45, 7) is 1.99. The van der Waals surface area contributed by atoms with E-state index in [0.717, 1.165) is 0 Å².